The highest BCUT2D eigenvalue weighted by Gasteiger charge is 2.16. The van der Waals surface area contributed by atoms with Gasteiger partial charge in [0.05, 0.1) is 12.2 Å². The van der Waals surface area contributed by atoms with Crippen LogP contribution in [0.3, 0.4) is 0 Å². The van der Waals surface area contributed by atoms with Crippen molar-refractivity contribution in [1.29, 1.82) is 0 Å². The lowest BCUT2D eigenvalue weighted by Crippen LogP contribution is -2.27. The van der Waals surface area contributed by atoms with Gasteiger partial charge in [-0.2, -0.15) is 0 Å². The number of amides is 1. The predicted octanol–water partition coefficient (Wildman–Crippen LogP) is 1.88. The van der Waals surface area contributed by atoms with Crippen LogP contribution in [0.15, 0.2) is 18.2 Å². The summed E-state index contributed by atoms with van der Waals surface area (Å²) in [4.78, 5) is 25.8. The van der Waals surface area contributed by atoms with Gasteiger partial charge in [-0.1, -0.05) is 6.92 Å². The van der Waals surface area contributed by atoms with Gasteiger partial charge in [0.2, 0.25) is 0 Å². The number of nitrogens with zero attached hydrogens (tertiary/aromatic N) is 1. The largest absolute Gasteiger partial charge is 0.462 e. The Labute approximate surface area is 125 Å². The van der Waals surface area contributed by atoms with Gasteiger partial charge in [-0.3, -0.25) is 4.79 Å². The van der Waals surface area contributed by atoms with Crippen molar-refractivity contribution in [2.45, 2.75) is 26.7 Å². The van der Waals surface area contributed by atoms with Crippen LogP contribution in [0, 0.1) is 0 Å². The topological polar surface area (TPSA) is 66.8 Å². The number of benzene rings is 1. The summed E-state index contributed by atoms with van der Waals surface area (Å²) in [5.41, 5.74) is 1.53. The highest BCUT2D eigenvalue weighted by molar-refractivity contribution is 5.98. The molecule has 0 aromatic heterocycles. The fourth-order valence-corrected chi connectivity index (χ4v) is 2.08. The van der Waals surface area contributed by atoms with Crippen LogP contribution >= 0.6 is 0 Å². The number of carbonyl (C=O) groups excluding carboxylic acids is 2. The Morgan fingerprint density at radius 2 is 1.86 bits per heavy atom. The molecule has 0 saturated heterocycles. The Hall–Kier alpha value is -1.88. The van der Waals surface area contributed by atoms with Crippen LogP contribution in [0.1, 0.15) is 46.5 Å². The molecular weight excluding hydrogens is 270 g/mol. The molecule has 0 heterocycles. The summed E-state index contributed by atoms with van der Waals surface area (Å²) in [5, 5.41) is 9.06. The molecule has 0 aliphatic rings. The van der Waals surface area contributed by atoms with Gasteiger partial charge in [0, 0.05) is 25.8 Å². The maximum Gasteiger partial charge on any atom is 0.338 e. The first kappa shape index (κ1) is 17.2. The zero-order chi connectivity index (χ0) is 15.8. The molecule has 0 saturated carbocycles. The zero-order valence-electron chi connectivity index (χ0n) is 12.9. The zero-order valence-corrected chi connectivity index (χ0v) is 12.9. The molecule has 1 aromatic carbocycles. The molecule has 0 aliphatic heterocycles. The van der Waals surface area contributed by atoms with Crippen molar-refractivity contribution in [2.24, 2.45) is 0 Å². The molecule has 0 fully saturated rings. The van der Waals surface area contributed by atoms with Crippen LogP contribution in [0.4, 0.5) is 0 Å². The third kappa shape index (κ3) is 4.86. The second kappa shape index (κ2) is 8.42. The summed E-state index contributed by atoms with van der Waals surface area (Å²) >= 11 is 0. The van der Waals surface area contributed by atoms with Crippen molar-refractivity contribution in [2.75, 3.05) is 26.8 Å². The summed E-state index contributed by atoms with van der Waals surface area (Å²) in [6, 6.07) is 4.92. The van der Waals surface area contributed by atoms with Gasteiger partial charge in [-0.15, -0.1) is 0 Å². The van der Waals surface area contributed by atoms with Crippen molar-refractivity contribution in [3.63, 3.8) is 0 Å². The Bertz CT molecular complexity index is 499. The lowest BCUT2D eigenvalue weighted by molar-refractivity contribution is 0.0526. The quantitative estimate of drug-likeness (QED) is 0.779. The van der Waals surface area contributed by atoms with Crippen molar-refractivity contribution < 1.29 is 19.4 Å². The van der Waals surface area contributed by atoms with E-state index in [2.05, 4.69) is 0 Å². The average Bonchev–Trinajstić information content (AvgIpc) is 2.47. The minimum absolute atomic E-state index is 0.0370. The maximum atomic E-state index is 12.3. The Morgan fingerprint density at radius 1 is 1.19 bits per heavy atom. The molecule has 1 N–H and O–H groups in total. The molecule has 5 nitrogen and oxygen atoms in total. The Kier molecular flexibility index (Phi) is 6.88. The number of carbonyl (C=O) groups is 2. The smallest absolute Gasteiger partial charge is 0.338 e. The van der Waals surface area contributed by atoms with Crippen molar-refractivity contribution in [3.05, 3.63) is 34.9 Å². The van der Waals surface area contributed by atoms with Gasteiger partial charge in [-0.25, -0.2) is 4.79 Å². The van der Waals surface area contributed by atoms with E-state index in [0.29, 0.717) is 24.1 Å². The van der Waals surface area contributed by atoms with Gasteiger partial charge < -0.3 is 14.7 Å². The molecule has 1 amide bonds. The number of hydrogen-bond acceptors (Lipinski definition) is 4. The third-order valence-electron chi connectivity index (χ3n) is 3.06. The maximum absolute atomic E-state index is 12.3. The molecule has 5 heteroatoms. The molecule has 21 heavy (non-hydrogen) atoms. The monoisotopic (exact) mass is 293 g/mol. The van der Waals surface area contributed by atoms with Crippen molar-refractivity contribution in [1.82, 2.24) is 4.90 Å². The number of rotatable bonds is 7. The average molecular weight is 293 g/mol. The first-order chi connectivity index (χ1) is 10.0. The van der Waals surface area contributed by atoms with E-state index in [0.717, 1.165) is 12.0 Å². The molecule has 0 bridgehead atoms. The van der Waals surface area contributed by atoms with E-state index in [4.69, 9.17) is 9.84 Å². The van der Waals surface area contributed by atoms with Crippen LogP contribution in [-0.4, -0.2) is 48.7 Å². The standard InChI is InChI=1S/C16H23NO4/c1-4-7-17(3)15(19)13-9-12(6-8-18)10-14(11-13)16(20)21-5-2/h9-11,18H,4-8H2,1-3H3. The fraction of sp³-hybridized carbons (Fsp3) is 0.500. The number of ether oxygens (including phenoxy) is 1. The van der Waals surface area contributed by atoms with Gasteiger partial charge >= 0.3 is 5.97 Å². The van der Waals surface area contributed by atoms with Crippen LogP contribution in [0.25, 0.3) is 0 Å². The van der Waals surface area contributed by atoms with Crippen LogP contribution in [0.5, 0.6) is 0 Å². The minimum Gasteiger partial charge on any atom is -0.462 e. The predicted molar refractivity (Wildman–Crippen MR) is 80.4 cm³/mol. The molecule has 0 spiro atoms. The van der Waals surface area contributed by atoms with E-state index in [1.165, 1.54) is 0 Å². The Balaban J connectivity index is 3.12. The molecular formula is C16H23NO4. The number of hydrogen-bond donors (Lipinski definition) is 1. The van der Waals surface area contributed by atoms with E-state index in [-0.39, 0.29) is 19.1 Å². The number of aliphatic hydroxyl groups excluding tert-OH is 1. The van der Waals surface area contributed by atoms with Gasteiger partial charge in [-0.05, 0) is 43.5 Å². The molecule has 1 rings (SSSR count). The molecule has 0 atom stereocenters. The minimum atomic E-state index is -0.454. The molecule has 0 aliphatic carbocycles. The van der Waals surface area contributed by atoms with Crippen molar-refractivity contribution >= 4 is 11.9 Å². The lowest BCUT2D eigenvalue weighted by atomic mass is 10.0. The normalized spacial score (nSPS) is 10.3. The number of esters is 1. The highest BCUT2D eigenvalue weighted by Crippen LogP contribution is 2.14. The summed E-state index contributed by atoms with van der Waals surface area (Å²) in [5.74, 6) is -0.591. The Morgan fingerprint density at radius 3 is 2.43 bits per heavy atom. The fourth-order valence-electron chi connectivity index (χ4n) is 2.08. The van der Waals surface area contributed by atoms with Crippen LogP contribution in [0.2, 0.25) is 0 Å². The van der Waals surface area contributed by atoms with E-state index in [9.17, 15) is 9.59 Å². The first-order valence-corrected chi connectivity index (χ1v) is 7.20. The summed E-state index contributed by atoms with van der Waals surface area (Å²) in [6.45, 7) is 4.62. The van der Waals surface area contributed by atoms with E-state index >= 15 is 0 Å². The van der Waals surface area contributed by atoms with Gasteiger partial charge in [0.15, 0.2) is 0 Å². The van der Waals surface area contributed by atoms with Crippen LogP contribution < -0.4 is 0 Å². The van der Waals surface area contributed by atoms with E-state index < -0.39 is 5.97 Å². The van der Waals surface area contributed by atoms with E-state index in [1.54, 1.807) is 37.1 Å². The van der Waals surface area contributed by atoms with E-state index in [1.807, 2.05) is 6.92 Å². The second-order valence-corrected chi connectivity index (χ2v) is 4.84. The second-order valence-electron chi connectivity index (χ2n) is 4.84. The first-order valence-electron chi connectivity index (χ1n) is 7.20. The van der Waals surface area contributed by atoms with Gasteiger partial charge in [0.1, 0.15) is 0 Å². The molecule has 116 valence electrons. The van der Waals surface area contributed by atoms with Crippen LogP contribution in [-0.2, 0) is 11.2 Å². The van der Waals surface area contributed by atoms with Gasteiger partial charge in [0.25, 0.3) is 5.91 Å². The third-order valence-corrected chi connectivity index (χ3v) is 3.06. The summed E-state index contributed by atoms with van der Waals surface area (Å²) in [7, 11) is 1.73. The summed E-state index contributed by atoms with van der Waals surface area (Å²) < 4.78 is 4.98. The summed E-state index contributed by atoms with van der Waals surface area (Å²) in [6.07, 6.45) is 1.26. The molecule has 1 aromatic rings. The SMILES string of the molecule is CCCN(C)C(=O)c1cc(CCO)cc(C(=O)OCC)c1. The lowest BCUT2D eigenvalue weighted by Gasteiger charge is -2.17. The molecule has 0 unspecified atom stereocenters. The number of aliphatic hydroxyl groups is 1. The van der Waals surface area contributed by atoms with Crippen molar-refractivity contribution in [3.8, 4) is 0 Å². The highest BCUT2D eigenvalue weighted by atomic mass is 16.5. The molecule has 0 radical (unpaired) electrons.